The number of fused-ring (bicyclic) bond motifs is 1. The van der Waals surface area contributed by atoms with E-state index in [1.165, 1.54) is 0 Å². The monoisotopic (exact) mass is 193 g/mol. The summed E-state index contributed by atoms with van der Waals surface area (Å²) in [4.78, 5) is 3.79. The summed E-state index contributed by atoms with van der Waals surface area (Å²) in [6.07, 6.45) is 0. The first-order valence-electron chi connectivity index (χ1n) is 4.18. The predicted molar refractivity (Wildman–Crippen MR) is 53.7 cm³/mol. The Kier molecular flexibility index (Phi) is 2.14. The van der Waals surface area contributed by atoms with Crippen molar-refractivity contribution >= 4 is 11.6 Å². The second kappa shape index (κ2) is 3.45. The Morgan fingerprint density at radius 1 is 1.43 bits per heavy atom. The number of guanidine groups is 1. The van der Waals surface area contributed by atoms with E-state index >= 15 is 0 Å². The minimum absolute atomic E-state index is 0.274. The fourth-order valence-corrected chi connectivity index (χ4v) is 1.18. The zero-order valence-corrected chi connectivity index (χ0v) is 7.78. The van der Waals surface area contributed by atoms with E-state index in [9.17, 15) is 0 Å². The van der Waals surface area contributed by atoms with Crippen LogP contribution in [0.2, 0.25) is 0 Å². The fraction of sp³-hybridized carbons (Fsp3) is 0.222. The molecule has 1 aromatic carbocycles. The van der Waals surface area contributed by atoms with Gasteiger partial charge in [-0.3, -0.25) is 4.99 Å². The Balaban J connectivity index is 2.21. The average molecular weight is 193 g/mol. The highest BCUT2D eigenvalue weighted by atomic mass is 16.7. The molecular formula is C9H11N3O2. The molecule has 0 unspecified atom stereocenters. The highest BCUT2D eigenvalue weighted by Gasteiger charge is 2.12. The van der Waals surface area contributed by atoms with Crippen LogP contribution < -0.4 is 20.5 Å². The number of ether oxygens (including phenoxy) is 2. The van der Waals surface area contributed by atoms with Crippen molar-refractivity contribution in [2.24, 2.45) is 10.7 Å². The molecule has 0 fully saturated rings. The lowest BCUT2D eigenvalue weighted by Crippen LogP contribution is -2.21. The average Bonchev–Trinajstić information content (AvgIpc) is 2.64. The molecule has 0 saturated carbocycles. The molecule has 0 amide bonds. The summed E-state index contributed by atoms with van der Waals surface area (Å²) in [6.45, 7) is 0.274. The molecule has 2 rings (SSSR count). The maximum Gasteiger partial charge on any atom is 0.231 e. The van der Waals surface area contributed by atoms with E-state index in [-0.39, 0.29) is 6.79 Å². The summed E-state index contributed by atoms with van der Waals surface area (Å²) in [5.41, 5.74) is 6.35. The summed E-state index contributed by atoms with van der Waals surface area (Å²) in [5.74, 6) is 1.84. The summed E-state index contributed by atoms with van der Waals surface area (Å²) in [6, 6.07) is 5.50. The van der Waals surface area contributed by atoms with Gasteiger partial charge in [-0.1, -0.05) is 0 Å². The maximum atomic E-state index is 5.52. The lowest BCUT2D eigenvalue weighted by atomic mass is 10.3. The molecule has 0 saturated heterocycles. The lowest BCUT2D eigenvalue weighted by molar-refractivity contribution is 0.174. The third-order valence-electron chi connectivity index (χ3n) is 1.89. The van der Waals surface area contributed by atoms with Crippen LogP contribution in [0.1, 0.15) is 0 Å². The van der Waals surface area contributed by atoms with Crippen LogP contribution in [0.15, 0.2) is 23.2 Å². The molecule has 1 aliphatic rings. The third kappa shape index (κ3) is 1.56. The molecular weight excluding hydrogens is 182 g/mol. The van der Waals surface area contributed by atoms with Crippen LogP contribution in [0.4, 0.5) is 5.69 Å². The Hall–Kier alpha value is -1.91. The fourth-order valence-electron chi connectivity index (χ4n) is 1.18. The molecule has 0 bridgehead atoms. The first kappa shape index (κ1) is 8.68. The summed E-state index contributed by atoms with van der Waals surface area (Å²) in [7, 11) is 1.62. The zero-order valence-electron chi connectivity index (χ0n) is 7.78. The summed E-state index contributed by atoms with van der Waals surface area (Å²) < 4.78 is 10.4. The largest absolute Gasteiger partial charge is 0.454 e. The number of nitrogens with one attached hydrogen (secondary N) is 1. The first-order chi connectivity index (χ1) is 6.79. The topological polar surface area (TPSA) is 68.9 Å². The van der Waals surface area contributed by atoms with Gasteiger partial charge in [-0.25, -0.2) is 0 Å². The van der Waals surface area contributed by atoms with E-state index in [2.05, 4.69) is 10.3 Å². The second-order valence-corrected chi connectivity index (χ2v) is 2.80. The van der Waals surface area contributed by atoms with Crippen LogP contribution in [-0.2, 0) is 0 Å². The second-order valence-electron chi connectivity index (χ2n) is 2.80. The molecule has 0 spiro atoms. The SMILES string of the molecule is CN=C(N)Nc1ccc2c(c1)OCO2. The summed E-state index contributed by atoms with van der Waals surface area (Å²) >= 11 is 0. The van der Waals surface area contributed by atoms with E-state index in [0.717, 1.165) is 17.2 Å². The van der Waals surface area contributed by atoms with Gasteiger partial charge in [0.2, 0.25) is 6.79 Å². The van der Waals surface area contributed by atoms with Crippen LogP contribution in [-0.4, -0.2) is 19.8 Å². The number of rotatable bonds is 1. The van der Waals surface area contributed by atoms with Crippen LogP contribution in [0.3, 0.4) is 0 Å². The molecule has 1 aromatic rings. The quantitative estimate of drug-likeness (QED) is 0.510. The normalized spacial score (nSPS) is 14.2. The molecule has 1 heterocycles. The van der Waals surface area contributed by atoms with E-state index in [0.29, 0.717) is 5.96 Å². The predicted octanol–water partition coefficient (Wildman–Crippen LogP) is 0.772. The molecule has 0 atom stereocenters. The molecule has 5 nitrogen and oxygen atoms in total. The molecule has 1 aliphatic heterocycles. The molecule has 0 radical (unpaired) electrons. The maximum absolute atomic E-state index is 5.52. The van der Waals surface area contributed by atoms with Crippen molar-refractivity contribution in [3.63, 3.8) is 0 Å². The van der Waals surface area contributed by atoms with E-state index in [1.54, 1.807) is 7.05 Å². The van der Waals surface area contributed by atoms with Crippen LogP contribution in [0, 0.1) is 0 Å². The van der Waals surface area contributed by atoms with Gasteiger partial charge in [0, 0.05) is 18.8 Å². The van der Waals surface area contributed by atoms with Crippen molar-refractivity contribution < 1.29 is 9.47 Å². The van der Waals surface area contributed by atoms with Gasteiger partial charge in [-0.15, -0.1) is 0 Å². The van der Waals surface area contributed by atoms with Crippen molar-refractivity contribution in [3.05, 3.63) is 18.2 Å². The Bertz CT molecular complexity index is 376. The molecule has 14 heavy (non-hydrogen) atoms. The third-order valence-corrected chi connectivity index (χ3v) is 1.89. The molecule has 74 valence electrons. The number of nitrogens with two attached hydrogens (primary N) is 1. The lowest BCUT2D eigenvalue weighted by Gasteiger charge is -2.05. The number of nitrogens with zero attached hydrogens (tertiary/aromatic N) is 1. The smallest absolute Gasteiger partial charge is 0.231 e. The van der Waals surface area contributed by atoms with Crippen LogP contribution in [0.5, 0.6) is 11.5 Å². The van der Waals surface area contributed by atoms with E-state index in [1.807, 2.05) is 18.2 Å². The Labute approximate surface area is 81.5 Å². The summed E-state index contributed by atoms with van der Waals surface area (Å²) in [5, 5.41) is 2.91. The van der Waals surface area contributed by atoms with Gasteiger partial charge in [0.1, 0.15) is 0 Å². The van der Waals surface area contributed by atoms with Gasteiger partial charge in [-0.2, -0.15) is 0 Å². The zero-order chi connectivity index (χ0) is 9.97. The van der Waals surface area contributed by atoms with Crippen molar-refractivity contribution in [2.45, 2.75) is 0 Å². The number of hydrogen-bond donors (Lipinski definition) is 2. The number of hydrogen-bond acceptors (Lipinski definition) is 3. The number of aliphatic imine (C=N–C) groups is 1. The van der Waals surface area contributed by atoms with Gasteiger partial charge < -0.3 is 20.5 Å². The number of anilines is 1. The molecule has 0 aromatic heterocycles. The van der Waals surface area contributed by atoms with E-state index in [4.69, 9.17) is 15.2 Å². The van der Waals surface area contributed by atoms with E-state index < -0.39 is 0 Å². The minimum atomic E-state index is 0.274. The number of benzene rings is 1. The Morgan fingerprint density at radius 2 is 2.21 bits per heavy atom. The van der Waals surface area contributed by atoms with Crippen molar-refractivity contribution in [3.8, 4) is 11.5 Å². The van der Waals surface area contributed by atoms with Crippen LogP contribution in [0.25, 0.3) is 0 Å². The standard InChI is InChI=1S/C9H11N3O2/c1-11-9(10)12-6-2-3-7-8(4-6)14-5-13-7/h2-4H,5H2,1H3,(H3,10,11,12). The van der Waals surface area contributed by atoms with Gasteiger partial charge >= 0.3 is 0 Å². The minimum Gasteiger partial charge on any atom is -0.454 e. The van der Waals surface area contributed by atoms with Crippen LogP contribution >= 0.6 is 0 Å². The first-order valence-corrected chi connectivity index (χ1v) is 4.18. The highest BCUT2D eigenvalue weighted by molar-refractivity contribution is 5.92. The van der Waals surface area contributed by atoms with Crippen molar-refractivity contribution in [1.29, 1.82) is 0 Å². The highest BCUT2D eigenvalue weighted by Crippen LogP contribution is 2.33. The Morgan fingerprint density at radius 3 is 3.00 bits per heavy atom. The molecule has 0 aliphatic carbocycles. The van der Waals surface area contributed by atoms with Crippen molar-refractivity contribution in [2.75, 3.05) is 19.2 Å². The van der Waals surface area contributed by atoms with Gasteiger partial charge in [0.15, 0.2) is 17.5 Å². The van der Waals surface area contributed by atoms with Gasteiger partial charge in [0.25, 0.3) is 0 Å². The molecule has 3 N–H and O–H groups in total. The van der Waals surface area contributed by atoms with Crippen molar-refractivity contribution in [1.82, 2.24) is 0 Å². The molecule has 5 heteroatoms. The van der Waals surface area contributed by atoms with Gasteiger partial charge in [-0.05, 0) is 12.1 Å². The van der Waals surface area contributed by atoms with Gasteiger partial charge in [0.05, 0.1) is 0 Å².